The molecule has 3 aromatic rings. The van der Waals surface area contributed by atoms with Crippen molar-refractivity contribution in [3.05, 3.63) is 106 Å². The first-order valence-corrected chi connectivity index (χ1v) is 11.6. The van der Waals surface area contributed by atoms with Crippen LogP contribution in [0.25, 0.3) is 4.91 Å². The van der Waals surface area contributed by atoms with E-state index in [9.17, 15) is 22.4 Å². The van der Waals surface area contributed by atoms with Crippen molar-refractivity contribution in [2.45, 2.75) is 20.4 Å². The van der Waals surface area contributed by atoms with Gasteiger partial charge in [-0.15, -0.1) is 0 Å². The van der Waals surface area contributed by atoms with Gasteiger partial charge in [-0.25, -0.2) is 17.1 Å². The van der Waals surface area contributed by atoms with Crippen molar-refractivity contribution < 1.29 is 22.4 Å². The lowest BCUT2D eigenvalue weighted by molar-refractivity contribution is -0.122. The number of nitrogens with zero attached hydrogens (tertiary/aromatic N) is 1. The van der Waals surface area contributed by atoms with Gasteiger partial charge in [-0.1, -0.05) is 48.0 Å². The largest absolute Gasteiger partial charge is 0.322 e. The van der Waals surface area contributed by atoms with Crippen LogP contribution in [0.5, 0.6) is 0 Å². The second kappa shape index (κ2) is 8.63. The van der Waals surface area contributed by atoms with Gasteiger partial charge in [0.2, 0.25) is 0 Å². The minimum atomic E-state index is -4.01. The number of anilines is 1. The lowest BCUT2D eigenvalue weighted by Gasteiger charge is -2.17. The molecule has 1 aliphatic rings. The number of aryl methyl sites for hydroxylation is 1. The number of rotatable bonds is 5. The van der Waals surface area contributed by atoms with Gasteiger partial charge in [0.05, 0.1) is 6.54 Å². The van der Waals surface area contributed by atoms with Crippen LogP contribution in [0.15, 0.2) is 78.4 Å². The van der Waals surface area contributed by atoms with Crippen LogP contribution in [0.2, 0.25) is 0 Å². The van der Waals surface area contributed by atoms with Crippen molar-refractivity contribution in [3.8, 4) is 0 Å². The Morgan fingerprint density at radius 3 is 2.27 bits per heavy atom. The second-order valence-electron chi connectivity index (χ2n) is 7.80. The highest BCUT2D eigenvalue weighted by atomic mass is 32.2. The Hall–Kier alpha value is -3.78. The number of hydrogen-bond donors (Lipinski definition) is 1. The second-order valence-corrected chi connectivity index (χ2v) is 9.60. The molecule has 0 spiro atoms. The number of carbonyl (C=O) groups is 2. The standard InChI is InChI=1S/C25H21FN2O4S/c1-16-6-10-19(11-7-16)23-17(2)25(30)28(33(23,31)32)15-18-8-12-20(13-9-18)24(29)27-22-5-3-4-21(26)14-22/h3-14H,15H2,1-2H3,(H,27,29). The zero-order valence-electron chi connectivity index (χ0n) is 18.0. The maximum Gasteiger partial charge on any atom is 0.268 e. The fourth-order valence-corrected chi connectivity index (χ4v) is 5.42. The average Bonchev–Trinajstić information content (AvgIpc) is 2.94. The molecule has 0 radical (unpaired) electrons. The summed E-state index contributed by atoms with van der Waals surface area (Å²) in [6, 6.07) is 18.7. The van der Waals surface area contributed by atoms with Gasteiger partial charge in [0.15, 0.2) is 0 Å². The summed E-state index contributed by atoms with van der Waals surface area (Å²) in [5.41, 5.74) is 2.81. The quantitative estimate of drug-likeness (QED) is 0.603. The first kappa shape index (κ1) is 22.4. The highest BCUT2D eigenvalue weighted by molar-refractivity contribution is 7.99. The summed E-state index contributed by atoms with van der Waals surface area (Å²) in [6.07, 6.45) is 0. The van der Waals surface area contributed by atoms with Crippen LogP contribution < -0.4 is 5.32 Å². The fourth-order valence-electron chi connectivity index (χ4n) is 3.62. The van der Waals surface area contributed by atoms with Gasteiger partial charge >= 0.3 is 0 Å². The topological polar surface area (TPSA) is 83.6 Å². The van der Waals surface area contributed by atoms with Crippen LogP contribution in [-0.2, 0) is 21.4 Å². The summed E-state index contributed by atoms with van der Waals surface area (Å²) in [4.78, 5) is 25.2. The van der Waals surface area contributed by atoms with E-state index in [-0.39, 0.29) is 17.0 Å². The molecule has 168 valence electrons. The monoisotopic (exact) mass is 464 g/mol. The van der Waals surface area contributed by atoms with E-state index in [2.05, 4.69) is 5.32 Å². The summed E-state index contributed by atoms with van der Waals surface area (Å²) in [5.74, 6) is -1.47. The van der Waals surface area contributed by atoms with Crippen LogP contribution in [0.3, 0.4) is 0 Å². The molecule has 33 heavy (non-hydrogen) atoms. The van der Waals surface area contributed by atoms with Crippen molar-refractivity contribution in [2.24, 2.45) is 0 Å². The van der Waals surface area contributed by atoms with Crippen LogP contribution in [0.1, 0.15) is 34.0 Å². The van der Waals surface area contributed by atoms with Crippen LogP contribution in [0.4, 0.5) is 10.1 Å². The Balaban J connectivity index is 1.52. The summed E-state index contributed by atoms with van der Waals surface area (Å²) in [6.45, 7) is 3.25. The highest BCUT2D eigenvalue weighted by Crippen LogP contribution is 2.36. The van der Waals surface area contributed by atoms with E-state index in [1.165, 1.54) is 37.3 Å². The number of benzene rings is 3. The van der Waals surface area contributed by atoms with Gasteiger partial charge in [0.25, 0.3) is 21.8 Å². The molecule has 0 fully saturated rings. The number of nitrogens with one attached hydrogen (secondary N) is 1. The van der Waals surface area contributed by atoms with Crippen molar-refractivity contribution in [3.63, 3.8) is 0 Å². The molecular formula is C25H21FN2O4S. The Morgan fingerprint density at radius 2 is 1.64 bits per heavy atom. The molecule has 0 saturated carbocycles. The highest BCUT2D eigenvalue weighted by Gasteiger charge is 2.42. The van der Waals surface area contributed by atoms with E-state index in [4.69, 9.17) is 0 Å². The number of carbonyl (C=O) groups excluding carboxylic acids is 2. The number of amides is 2. The van der Waals surface area contributed by atoms with Crippen LogP contribution in [0, 0.1) is 12.7 Å². The minimum Gasteiger partial charge on any atom is -0.322 e. The molecule has 0 bridgehead atoms. The molecule has 1 N–H and O–H groups in total. The molecule has 1 heterocycles. The van der Waals surface area contributed by atoms with Crippen molar-refractivity contribution in [1.29, 1.82) is 0 Å². The third-order valence-electron chi connectivity index (χ3n) is 5.37. The molecule has 4 rings (SSSR count). The van der Waals surface area contributed by atoms with Gasteiger partial charge < -0.3 is 5.32 Å². The van der Waals surface area contributed by atoms with Gasteiger partial charge in [-0.2, -0.15) is 0 Å². The van der Waals surface area contributed by atoms with Crippen molar-refractivity contribution >= 4 is 32.4 Å². The van der Waals surface area contributed by atoms with Crippen LogP contribution >= 0.6 is 0 Å². The zero-order valence-corrected chi connectivity index (χ0v) is 18.8. The summed E-state index contributed by atoms with van der Waals surface area (Å²) >= 11 is 0. The van der Waals surface area contributed by atoms with Crippen LogP contribution in [-0.4, -0.2) is 24.5 Å². The predicted molar refractivity (Wildman–Crippen MR) is 124 cm³/mol. The van der Waals surface area contributed by atoms with E-state index in [0.29, 0.717) is 22.4 Å². The minimum absolute atomic E-state index is 0.0126. The smallest absolute Gasteiger partial charge is 0.268 e. The van der Waals surface area contributed by atoms with E-state index in [1.807, 2.05) is 6.92 Å². The number of halogens is 1. The Labute approximate surface area is 191 Å². The first-order valence-electron chi connectivity index (χ1n) is 10.2. The Morgan fingerprint density at radius 1 is 0.970 bits per heavy atom. The van der Waals surface area contributed by atoms with E-state index >= 15 is 0 Å². The normalized spacial score (nSPS) is 15.1. The predicted octanol–water partition coefficient (Wildman–Crippen LogP) is 4.49. The van der Waals surface area contributed by atoms with Gasteiger partial charge in [0.1, 0.15) is 10.7 Å². The SMILES string of the molecule is CC1=C(c2ccc(C)cc2)S(=O)(=O)N(Cc2ccc(C(=O)Nc3cccc(F)c3)cc2)C1=O. The molecule has 1 aliphatic heterocycles. The third-order valence-corrected chi connectivity index (χ3v) is 7.31. The van der Waals surface area contributed by atoms with Crippen molar-refractivity contribution in [1.82, 2.24) is 4.31 Å². The number of sulfonamides is 1. The summed E-state index contributed by atoms with van der Waals surface area (Å²) in [5, 5.41) is 2.60. The Bertz CT molecular complexity index is 1380. The molecule has 6 nitrogen and oxygen atoms in total. The third kappa shape index (κ3) is 4.42. The van der Waals surface area contributed by atoms with Crippen molar-refractivity contribution in [2.75, 3.05) is 5.32 Å². The molecule has 0 aliphatic carbocycles. The molecule has 0 aromatic heterocycles. The molecule has 3 aromatic carbocycles. The maximum absolute atomic E-state index is 13.3. The van der Waals surface area contributed by atoms with E-state index < -0.39 is 27.7 Å². The fraction of sp³-hybridized carbons (Fsp3) is 0.120. The van der Waals surface area contributed by atoms with E-state index in [0.717, 1.165) is 9.87 Å². The van der Waals surface area contributed by atoms with Gasteiger partial charge in [0, 0.05) is 16.8 Å². The molecule has 2 amide bonds. The lowest BCUT2D eigenvalue weighted by atomic mass is 10.1. The summed E-state index contributed by atoms with van der Waals surface area (Å²) in [7, 11) is -4.01. The zero-order chi connectivity index (χ0) is 23.8. The maximum atomic E-state index is 13.3. The molecule has 8 heteroatoms. The number of hydrogen-bond acceptors (Lipinski definition) is 4. The van der Waals surface area contributed by atoms with Gasteiger partial charge in [-0.05, 0) is 55.3 Å². The molecule has 0 unspecified atom stereocenters. The first-order chi connectivity index (χ1) is 15.7. The Kier molecular flexibility index (Phi) is 5.86. The molecule has 0 saturated heterocycles. The molecule has 0 atom stereocenters. The van der Waals surface area contributed by atoms with Gasteiger partial charge in [-0.3, -0.25) is 9.59 Å². The average molecular weight is 465 g/mol. The summed E-state index contributed by atoms with van der Waals surface area (Å²) < 4.78 is 40.5. The molecular weight excluding hydrogens is 443 g/mol. The van der Waals surface area contributed by atoms with E-state index in [1.54, 1.807) is 42.5 Å². The lowest BCUT2D eigenvalue weighted by Crippen LogP contribution is -2.30.